The summed E-state index contributed by atoms with van der Waals surface area (Å²) in [5.74, 6) is -1.00. The van der Waals surface area contributed by atoms with Crippen LogP contribution in [0.3, 0.4) is 0 Å². The van der Waals surface area contributed by atoms with E-state index in [0.717, 1.165) is 9.79 Å². The van der Waals surface area contributed by atoms with Crippen LogP contribution in [-0.4, -0.2) is 16.1 Å². The largest absolute Gasteiger partial charge is 0.477 e. The smallest absolute Gasteiger partial charge is 0.354 e. The summed E-state index contributed by atoms with van der Waals surface area (Å²) in [5.41, 5.74) is 1.27. The van der Waals surface area contributed by atoms with Crippen LogP contribution in [0, 0.1) is 6.92 Å². The van der Waals surface area contributed by atoms with Crippen LogP contribution in [0.4, 0.5) is 0 Å². The van der Waals surface area contributed by atoms with Crippen molar-refractivity contribution in [1.82, 2.24) is 4.98 Å². The number of aryl methyl sites for hydroxylation is 1. The number of hydrogen-bond acceptors (Lipinski definition) is 3. The van der Waals surface area contributed by atoms with Gasteiger partial charge in [0.2, 0.25) is 0 Å². The van der Waals surface area contributed by atoms with Crippen LogP contribution in [0.5, 0.6) is 0 Å². The van der Waals surface area contributed by atoms with E-state index in [9.17, 15) is 4.79 Å². The van der Waals surface area contributed by atoms with E-state index >= 15 is 0 Å². The Kier molecular flexibility index (Phi) is 3.44. The minimum atomic E-state index is -1.00. The lowest BCUT2D eigenvalue weighted by Crippen LogP contribution is -1.98. The maximum atomic E-state index is 10.6. The maximum Gasteiger partial charge on any atom is 0.354 e. The van der Waals surface area contributed by atoms with Crippen LogP contribution in [0.25, 0.3) is 0 Å². The minimum Gasteiger partial charge on any atom is -0.477 e. The molecule has 0 aliphatic heterocycles. The van der Waals surface area contributed by atoms with Gasteiger partial charge in [0.25, 0.3) is 0 Å². The highest BCUT2D eigenvalue weighted by atomic mass is 32.2. The van der Waals surface area contributed by atoms with Crippen molar-refractivity contribution in [2.24, 2.45) is 0 Å². The molecule has 1 heterocycles. The number of carboxylic acids is 1. The molecule has 0 saturated heterocycles. The Bertz CT molecular complexity index is 537. The fourth-order valence-corrected chi connectivity index (χ4v) is 2.29. The number of nitrogens with zero attached hydrogens (tertiary/aromatic N) is 1. The van der Waals surface area contributed by atoms with Crippen molar-refractivity contribution >= 4 is 17.7 Å². The molecule has 0 aliphatic rings. The molecule has 1 N–H and O–H groups in total. The number of hydrogen-bond donors (Lipinski definition) is 1. The van der Waals surface area contributed by atoms with E-state index in [0.29, 0.717) is 0 Å². The van der Waals surface area contributed by atoms with Gasteiger partial charge in [-0.1, -0.05) is 29.5 Å². The third-order valence-corrected chi connectivity index (χ3v) is 3.15. The predicted molar refractivity (Wildman–Crippen MR) is 66.5 cm³/mol. The zero-order valence-corrected chi connectivity index (χ0v) is 10.1. The number of benzene rings is 1. The van der Waals surface area contributed by atoms with E-state index in [4.69, 9.17) is 5.11 Å². The first kappa shape index (κ1) is 11.7. The lowest BCUT2D eigenvalue weighted by Gasteiger charge is -2.02. The van der Waals surface area contributed by atoms with Gasteiger partial charge < -0.3 is 5.11 Å². The summed E-state index contributed by atoms with van der Waals surface area (Å²) in [5, 5.41) is 8.73. The summed E-state index contributed by atoms with van der Waals surface area (Å²) in [6, 6.07) is 11.4. The zero-order valence-electron chi connectivity index (χ0n) is 9.25. The molecule has 0 amide bonds. The van der Waals surface area contributed by atoms with Gasteiger partial charge in [-0.05, 0) is 31.2 Å². The second kappa shape index (κ2) is 5.01. The standard InChI is InChI=1S/C13H11NO2S/c1-9-3-2-4-10(7-9)17-11-5-6-12(13(15)16)14-8-11/h2-8H,1H3,(H,15,16). The van der Waals surface area contributed by atoms with Gasteiger partial charge in [0, 0.05) is 16.0 Å². The van der Waals surface area contributed by atoms with Crippen molar-refractivity contribution in [3.8, 4) is 0 Å². The van der Waals surface area contributed by atoms with Gasteiger partial charge in [-0.3, -0.25) is 0 Å². The molecule has 0 aliphatic carbocycles. The Balaban J connectivity index is 2.16. The second-order valence-corrected chi connectivity index (χ2v) is 4.75. The fraction of sp³-hybridized carbons (Fsp3) is 0.0769. The average Bonchev–Trinajstić information content (AvgIpc) is 2.29. The van der Waals surface area contributed by atoms with E-state index in [-0.39, 0.29) is 5.69 Å². The molecule has 2 aromatic rings. The van der Waals surface area contributed by atoms with E-state index in [1.165, 1.54) is 11.6 Å². The zero-order chi connectivity index (χ0) is 12.3. The van der Waals surface area contributed by atoms with Crippen molar-refractivity contribution < 1.29 is 9.90 Å². The number of aromatic nitrogens is 1. The summed E-state index contributed by atoms with van der Waals surface area (Å²) < 4.78 is 0. The summed E-state index contributed by atoms with van der Waals surface area (Å²) >= 11 is 1.57. The topological polar surface area (TPSA) is 50.2 Å². The van der Waals surface area contributed by atoms with Gasteiger partial charge in [-0.15, -0.1) is 0 Å². The number of rotatable bonds is 3. The normalized spacial score (nSPS) is 10.2. The first-order valence-electron chi connectivity index (χ1n) is 5.09. The van der Waals surface area contributed by atoms with Gasteiger partial charge in [-0.25, -0.2) is 9.78 Å². The second-order valence-electron chi connectivity index (χ2n) is 3.60. The Morgan fingerprint density at radius 3 is 2.65 bits per heavy atom. The fourth-order valence-electron chi connectivity index (χ4n) is 1.38. The molecule has 2 rings (SSSR count). The van der Waals surface area contributed by atoms with Gasteiger partial charge in [0.15, 0.2) is 0 Å². The molecular weight excluding hydrogens is 234 g/mol. The van der Waals surface area contributed by atoms with Crippen molar-refractivity contribution in [2.45, 2.75) is 16.7 Å². The SMILES string of the molecule is Cc1cccc(Sc2ccc(C(=O)O)nc2)c1. The molecule has 0 spiro atoms. The molecule has 0 radical (unpaired) electrons. The van der Waals surface area contributed by atoms with Crippen LogP contribution < -0.4 is 0 Å². The van der Waals surface area contributed by atoms with Crippen molar-refractivity contribution in [3.63, 3.8) is 0 Å². The molecule has 1 aromatic heterocycles. The number of aromatic carboxylic acids is 1. The lowest BCUT2D eigenvalue weighted by atomic mass is 10.2. The Morgan fingerprint density at radius 1 is 1.24 bits per heavy atom. The van der Waals surface area contributed by atoms with Crippen molar-refractivity contribution in [1.29, 1.82) is 0 Å². The predicted octanol–water partition coefficient (Wildman–Crippen LogP) is 3.24. The van der Waals surface area contributed by atoms with E-state index in [1.807, 2.05) is 25.1 Å². The number of pyridine rings is 1. The van der Waals surface area contributed by atoms with Gasteiger partial charge in [0.05, 0.1) is 0 Å². The lowest BCUT2D eigenvalue weighted by molar-refractivity contribution is 0.0690. The van der Waals surface area contributed by atoms with Crippen LogP contribution in [0.2, 0.25) is 0 Å². The van der Waals surface area contributed by atoms with Crippen molar-refractivity contribution in [3.05, 3.63) is 53.9 Å². The molecule has 0 saturated carbocycles. The quantitative estimate of drug-likeness (QED) is 0.901. The molecule has 4 heteroatoms. The summed E-state index contributed by atoms with van der Waals surface area (Å²) in [6.07, 6.45) is 1.58. The highest BCUT2D eigenvalue weighted by molar-refractivity contribution is 7.99. The van der Waals surface area contributed by atoms with Crippen LogP contribution in [-0.2, 0) is 0 Å². The Hall–Kier alpha value is -1.81. The number of carboxylic acid groups (broad SMARTS) is 1. The molecule has 0 unspecified atom stereocenters. The monoisotopic (exact) mass is 245 g/mol. The Labute approximate surface area is 104 Å². The number of carbonyl (C=O) groups is 1. The van der Waals surface area contributed by atoms with Crippen molar-refractivity contribution in [2.75, 3.05) is 0 Å². The molecule has 1 aromatic carbocycles. The maximum absolute atomic E-state index is 10.6. The van der Waals surface area contributed by atoms with Crippen LogP contribution in [0.15, 0.2) is 52.4 Å². The van der Waals surface area contributed by atoms with E-state index < -0.39 is 5.97 Å². The third-order valence-electron chi connectivity index (χ3n) is 2.18. The molecule has 0 fully saturated rings. The first-order valence-corrected chi connectivity index (χ1v) is 5.91. The molecule has 3 nitrogen and oxygen atoms in total. The van der Waals surface area contributed by atoms with Gasteiger partial charge in [-0.2, -0.15) is 0 Å². The average molecular weight is 245 g/mol. The highest BCUT2D eigenvalue weighted by Gasteiger charge is 2.04. The first-order chi connectivity index (χ1) is 8.15. The Morgan fingerprint density at radius 2 is 2.06 bits per heavy atom. The molecule has 0 bridgehead atoms. The summed E-state index contributed by atoms with van der Waals surface area (Å²) in [7, 11) is 0. The summed E-state index contributed by atoms with van der Waals surface area (Å²) in [4.78, 5) is 16.6. The van der Waals surface area contributed by atoms with E-state index in [2.05, 4.69) is 11.1 Å². The summed E-state index contributed by atoms with van der Waals surface area (Å²) in [6.45, 7) is 2.04. The van der Waals surface area contributed by atoms with Gasteiger partial charge >= 0.3 is 5.97 Å². The molecular formula is C13H11NO2S. The minimum absolute atomic E-state index is 0.0681. The molecule has 0 atom stereocenters. The van der Waals surface area contributed by atoms with Gasteiger partial charge in [0.1, 0.15) is 5.69 Å². The molecule has 17 heavy (non-hydrogen) atoms. The third kappa shape index (κ3) is 3.07. The molecule has 86 valence electrons. The van der Waals surface area contributed by atoms with E-state index in [1.54, 1.807) is 24.0 Å². The van der Waals surface area contributed by atoms with Crippen LogP contribution >= 0.6 is 11.8 Å². The van der Waals surface area contributed by atoms with Crippen LogP contribution in [0.1, 0.15) is 16.1 Å². The highest BCUT2D eigenvalue weighted by Crippen LogP contribution is 2.27.